The van der Waals surface area contributed by atoms with E-state index in [1.165, 1.54) is 12.3 Å². The molecule has 1 heterocycles. The van der Waals surface area contributed by atoms with E-state index in [1.807, 2.05) is 37.3 Å². The third kappa shape index (κ3) is 4.32. The zero-order valence-corrected chi connectivity index (χ0v) is 13.1. The minimum Gasteiger partial charge on any atom is -0.483 e. The van der Waals surface area contributed by atoms with Crippen molar-refractivity contribution in [1.29, 1.82) is 0 Å². The highest BCUT2D eigenvalue weighted by Gasteiger charge is 2.19. The molecule has 1 aromatic carbocycles. The molecule has 2 aromatic rings. The van der Waals surface area contributed by atoms with Crippen LogP contribution in [0.4, 0.5) is 0 Å². The van der Waals surface area contributed by atoms with E-state index in [0.717, 1.165) is 15.8 Å². The summed E-state index contributed by atoms with van der Waals surface area (Å²) in [5, 5.41) is 0. The van der Waals surface area contributed by atoms with Crippen molar-refractivity contribution in [1.82, 2.24) is 4.68 Å². The predicted octanol–water partition coefficient (Wildman–Crippen LogP) is 2.68. The summed E-state index contributed by atoms with van der Waals surface area (Å²) >= 11 is 0. The zero-order valence-electron chi connectivity index (χ0n) is 13.1. The first-order valence-electron chi connectivity index (χ1n) is 7.34. The van der Waals surface area contributed by atoms with Gasteiger partial charge in [0.05, 0.1) is 0 Å². The van der Waals surface area contributed by atoms with Gasteiger partial charge in [-0.3, -0.25) is 14.3 Å². The van der Waals surface area contributed by atoms with Gasteiger partial charge in [0, 0.05) is 18.7 Å². The number of hydrogen-bond donors (Lipinski definition) is 1. The number of ketones is 1. The number of rotatable bonds is 7. The summed E-state index contributed by atoms with van der Waals surface area (Å²) in [5.74, 6) is 5.57. The van der Waals surface area contributed by atoms with Gasteiger partial charge in [0.25, 0.3) is 0 Å². The van der Waals surface area contributed by atoms with Crippen molar-refractivity contribution in [2.24, 2.45) is 0 Å². The SMILES string of the molecule is C=C(C)CCC(=O)c1c(OCc2ccccc2)c(=O)ccn1N. The van der Waals surface area contributed by atoms with E-state index >= 15 is 0 Å². The van der Waals surface area contributed by atoms with Crippen molar-refractivity contribution in [3.63, 3.8) is 0 Å². The molecule has 2 rings (SSSR count). The Morgan fingerprint density at radius 2 is 1.91 bits per heavy atom. The van der Waals surface area contributed by atoms with Crippen molar-refractivity contribution in [3.05, 3.63) is 76.2 Å². The van der Waals surface area contributed by atoms with Gasteiger partial charge in [0.1, 0.15) is 6.61 Å². The lowest BCUT2D eigenvalue weighted by molar-refractivity contribution is 0.0969. The molecule has 1 aromatic heterocycles. The van der Waals surface area contributed by atoms with Crippen LogP contribution in [0.3, 0.4) is 0 Å². The fraction of sp³-hybridized carbons (Fsp3) is 0.222. The van der Waals surface area contributed by atoms with Gasteiger partial charge in [-0.1, -0.05) is 35.9 Å². The lowest BCUT2D eigenvalue weighted by Gasteiger charge is -2.13. The molecule has 0 saturated heterocycles. The van der Waals surface area contributed by atoms with Crippen LogP contribution in [0.1, 0.15) is 35.8 Å². The third-order valence-electron chi connectivity index (χ3n) is 3.35. The van der Waals surface area contributed by atoms with E-state index < -0.39 is 0 Å². The van der Waals surface area contributed by atoms with E-state index in [0.29, 0.717) is 6.42 Å². The van der Waals surface area contributed by atoms with Crippen LogP contribution in [0.15, 0.2) is 59.5 Å². The fourth-order valence-corrected chi connectivity index (χ4v) is 2.12. The minimum absolute atomic E-state index is 0.00873. The Kier molecular flexibility index (Phi) is 5.36. The van der Waals surface area contributed by atoms with Crippen LogP contribution in [-0.2, 0) is 6.61 Å². The second-order valence-corrected chi connectivity index (χ2v) is 5.42. The molecule has 0 amide bonds. The molecule has 0 atom stereocenters. The number of pyridine rings is 1. The second kappa shape index (κ2) is 7.45. The van der Waals surface area contributed by atoms with Crippen molar-refractivity contribution in [3.8, 4) is 5.75 Å². The third-order valence-corrected chi connectivity index (χ3v) is 3.35. The number of nitrogens with zero attached hydrogens (tertiary/aromatic N) is 1. The standard InChI is InChI=1S/C18H20N2O3/c1-13(2)8-9-15(21)17-18(16(22)10-11-20(17)19)23-12-14-6-4-3-5-7-14/h3-7,10-11H,1,8-9,12,19H2,2H3. The van der Waals surface area contributed by atoms with E-state index in [9.17, 15) is 9.59 Å². The summed E-state index contributed by atoms with van der Waals surface area (Å²) in [5.41, 5.74) is 1.53. The van der Waals surface area contributed by atoms with Crippen molar-refractivity contribution >= 4 is 5.78 Å². The Hall–Kier alpha value is -2.82. The molecule has 5 nitrogen and oxygen atoms in total. The molecule has 0 aliphatic heterocycles. The number of ether oxygens (including phenoxy) is 1. The van der Waals surface area contributed by atoms with Crippen LogP contribution < -0.4 is 16.0 Å². The Morgan fingerprint density at radius 1 is 1.22 bits per heavy atom. The van der Waals surface area contributed by atoms with Gasteiger partial charge in [-0.2, -0.15) is 0 Å². The van der Waals surface area contributed by atoms with E-state index in [4.69, 9.17) is 10.6 Å². The molecule has 2 N–H and O–H groups in total. The van der Waals surface area contributed by atoms with Crippen LogP contribution in [0.25, 0.3) is 0 Å². The number of allylic oxidation sites excluding steroid dienone is 1. The monoisotopic (exact) mass is 312 g/mol. The lowest BCUT2D eigenvalue weighted by Crippen LogP contribution is -2.24. The number of carbonyl (C=O) groups excluding carboxylic acids is 1. The quantitative estimate of drug-likeness (QED) is 0.484. The second-order valence-electron chi connectivity index (χ2n) is 5.42. The molecule has 23 heavy (non-hydrogen) atoms. The number of nitrogens with two attached hydrogens (primary N) is 1. The fourth-order valence-electron chi connectivity index (χ4n) is 2.12. The van der Waals surface area contributed by atoms with E-state index in [2.05, 4.69) is 6.58 Å². The average molecular weight is 312 g/mol. The van der Waals surface area contributed by atoms with Crippen molar-refractivity contribution in [2.45, 2.75) is 26.4 Å². The molecule has 120 valence electrons. The number of Topliss-reactive ketones (excluding diaryl/α,β-unsaturated/α-hetero) is 1. The maximum Gasteiger partial charge on any atom is 0.224 e. The summed E-state index contributed by atoms with van der Waals surface area (Å²) in [6, 6.07) is 10.7. The average Bonchev–Trinajstić information content (AvgIpc) is 2.54. The molecule has 0 unspecified atom stereocenters. The van der Waals surface area contributed by atoms with Gasteiger partial charge in [0.15, 0.2) is 17.2 Å². The molecular formula is C18H20N2O3. The molecule has 0 bridgehead atoms. The highest BCUT2D eigenvalue weighted by atomic mass is 16.5. The maximum absolute atomic E-state index is 12.4. The topological polar surface area (TPSA) is 74.3 Å². The Balaban J connectivity index is 2.27. The summed E-state index contributed by atoms with van der Waals surface area (Å²) < 4.78 is 6.75. The van der Waals surface area contributed by atoms with Crippen LogP contribution >= 0.6 is 0 Å². The highest BCUT2D eigenvalue weighted by molar-refractivity contribution is 5.97. The number of carbonyl (C=O) groups is 1. The molecule has 0 radical (unpaired) electrons. The maximum atomic E-state index is 12.4. The summed E-state index contributed by atoms with van der Waals surface area (Å²) in [7, 11) is 0. The van der Waals surface area contributed by atoms with Gasteiger partial charge in [-0.15, -0.1) is 6.58 Å². The van der Waals surface area contributed by atoms with Crippen LogP contribution in [-0.4, -0.2) is 10.5 Å². The van der Waals surface area contributed by atoms with Gasteiger partial charge in [-0.25, -0.2) is 0 Å². The van der Waals surface area contributed by atoms with Gasteiger partial charge in [-0.05, 0) is 18.9 Å². The Labute approximate surface area is 135 Å². The molecule has 0 fully saturated rings. The normalized spacial score (nSPS) is 10.3. The molecule has 0 saturated carbocycles. The number of hydrogen-bond acceptors (Lipinski definition) is 4. The first kappa shape index (κ1) is 16.5. The first-order chi connectivity index (χ1) is 11.0. The smallest absolute Gasteiger partial charge is 0.224 e. The molecular weight excluding hydrogens is 292 g/mol. The molecule has 5 heteroatoms. The summed E-state index contributed by atoms with van der Waals surface area (Å²) in [4.78, 5) is 24.5. The van der Waals surface area contributed by atoms with Crippen molar-refractivity contribution < 1.29 is 9.53 Å². The van der Waals surface area contributed by atoms with Crippen LogP contribution in [0.5, 0.6) is 5.75 Å². The summed E-state index contributed by atoms with van der Waals surface area (Å²) in [6.07, 6.45) is 2.14. The number of benzene rings is 1. The summed E-state index contributed by atoms with van der Waals surface area (Å²) in [6.45, 7) is 5.82. The van der Waals surface area contributed by atoms with Gasteiger partial charge >= 0.3 is 0 Å². The molecule has 0 spiro atoms. The Morgan fingerprint density at radius 3 is 2.57 bits per heavy atom. The molecule has 0 aliphatic rings. The largest absolute Gasteiger partial charge is 0.483 e. The van der Waals surface area contributed by atoms with Crippen LogP contribution in [0.2, 0.25) is 0 Å². The molecule has 0 aliphatic carbocycles. The van der Waals surface area contributed by atoms with E-state index in [1.54, 1.807) is 0 Å². The zero-order chi connectivity index (χ0) is 16.8. The first-order valence-corrected chi connectivity index (χ1v) is 7.34. The Bertz CT molecular complexity index is 764. The van der Waals surface area contributed by atoms with Crippen LogP contribution in [0, 0.1) is 0 Å². The number of nitrogen functional groups attached to an aromatic ring is 1. The van der Waals surface area contributed by atoms with Crippen molar-refractivity contribution in [2.75, 3.05) is 5.84 Å². The van der Waals surface area contributed by atoms with Gasteiger partial charge < -0.3 is 10.6 Å². The minimum atomic E-state index is -0.360. The number of aromatic nitrogens is 1. The van der Waals surface area contributed by atoms with E-state index in [-0.39, 0.29) is 35.7 Å². The van der Waals surface area contributed by atoms with Gasteiger partial charge in [0.2, 0.25) is 5.43 Å². The lowest BCUT2D eigenvalue weighted by atomic mass is 10.1. The highest BCUT2D eigenvalue weighted by Crippen LogP contribution is 2.17. The predicted molar refractivity (Wildman–Crippen MR) is 90.0 cm³/mol.